The van der Waals surface area contributed by atoms with Crippen molar-refractivity contribution >= 4 is 68.5 Å². The third kappa shape index (κ3) is 9.12. The summed E-state index contributed by atoms with van der Waals surface area (Å²) in [6.45, 7) is 0. The maximum absolute atomic E-state index is 0. The molecule has 0 aromatic rings. The molecule has 0 aliphatic heterocycles. The smallest absolute Gasteiger partial charge is 2.00 e. The van der Waals surface area contributed by atoms with Gasteiger partial charge >= 0.3 is 68.5 Å². The predicted molar refractivity (Wildman–Crippen MR) is 14.4 cm³/mol. The second-order valence-electron chi connectivity index (χ2n) is 0. The zero-order valence-corrected chi connectivity index (χ0v) is 10.4. The summed E-state index contributed by atoms with van der Waals surface area (Å²) >= 11 is 0. The van der Waals surface area contributed by atoms with Crippen LogP contribution in [0.15, 0.2) is 0 Å². The SMILES string of the molecule is [H-].[H-].[Mg+2].[Nd].[O-2].[Sr+2]. The summed E-state index contributed by atoms with van der Waals surface area (Å²) < 4.78 is 0. The average Bonchev–Trinajstić information content (AvgIpc) is 0. The summed E-state index contributed by atoms with van der Waals surface area (Å²) in [5.74, 6) is 0. The monoisotopic (exact) mass is 272 g/mol. The van der Waals surface area contributed by atoms with Gasteiger partial charge in [-0.25, -0.2) is 0 Å². The molecule has 0 amide bonds. The van der Waals surface area contributed by atoms with E-state index in [1.807, 2.05) is 0 Å². The van der Waals surface area contributed by atoms with Gasteiger partial charge in [-0.2, -0.15) is 0 Å². The first kappa shape index (κ1) is 25.7. The van der Waals surface area contributed by atoms with Gasteiger partial charge in [-0.3, -0.25) is 0 Å². The second-order valence-corrected chi connectivity index (χ2v) is 0. The molecule has 0 aliphatic rings. The molecule has 0 unspecified atom stereocenters. The van der Waals surface area contributed by atoms with E-state index < -0.39 is 0 Å². The largest absolute Gasteiger partial charge is 2.00 e. The van der Waals surface area contributed by atoms with Crippen LogP contribution in [0.25, 0.3) is 0 Å². The van der Waals surface area contributed by atoms with Gasteiger partial charge in [-0.15, -0.1) is 0 Å². The van der Waals surface area contributed by atoms with Gasteiger partial charge in [0.1, 0.15) is 0 Å². The molecule has 0 aromatic heterocycles. The Morgan fingerprint density at radius 3 is 1.25 bits per heavy atom. The Morgan fingerprint density at radius 2 is 1.25 bits per heavy atom. The molecule has 4 heavy (non-hydrogen) atoms. The molecule has 0 rings (SSSR count). The van der Waals surface area contributed by atoms with Crippen LogP contribution in [-0.2, 0) is 5.48 Å². The van der Waals surface area contributed by atoms with Crippen molar-refractivity contribution in [3.05, 3.63) is 0 Å². The molecule has 0 aromatic carbocycles. The minimum atomic E-state index is 0. The second kappa shape index (κ2) is 16.0. The first-order valence-electron chi connectivity index (χ1n) is 0. The van der Waals surface area contributed by atoms with Crippen LogP contribution in [0.5, 0.6) is 0 Å². The van der Waals surface area contributed by atoms with Crippen molar-refractivity contribution in [2.45, 2.75) is 0 Å². The van der Waals surface area contributed by atoms with Crippen molar-refractivity contribution in [3.8, 4) is 0 Å². The number of rotatable bonds is 0. The van der Waals surface area contributed by atoms with E-state index >= 15 is 0 Å². The van der Waals surface area contributed by atoms with Crippen molar-refractivity contribution in [2.24, 2.45) is 0 Å². The molecule has 0 fully saturated rings. The molecule has 0 saturated carbocycles. The van der Waals surface area contributed by atoms with Crippen LogP contribution in [0.4, 0.5) is 0 Å². The quantitative estimate of drug-likeness (QED) is 0.525. The molecule has 0 bridgehead atoms. The van der Waals surface area contributed by atoms with Crippen molar-refractivity contribution in [2.75, 3.05) is 0 Å². The first-order valence-corrected chi connectivity index (χ1v) is 0. The predicted octanol–water partition coefficient (Wildman–Crippen LogP) is -0.655. The van der Waals surface area contributed by atoms with Gasteiger partial charge in [0.2, 0.25) is 0 Å². The molecule has 1 nitrogen and oxygen atoms in total. The van der Waals surface area contributed by atoms with Gasteiger partial charge in [0.25, 0.3) is 0 Å². The molecule has 0 radical (unpaired) electrons. The maximum atomic E-state index is 0. The third-order valence-corrected chi connectivity index (χ3v) is 0. The summed E-state index contributed by atoms with van der Waals surface area (Å²) in [5.41, 5.74) is 0. The van der Waals surface area contributed by atoms with Gasteiger partial charge < -0.3 is 8.33 Å². The standard InChI is InChI=1S/Mg.Nd.O.Sr.2H/q+2;;-2;+2;2*-1. The van der Waals surface area contributed by atoms with Gasteiger partial charge in [0.15, 0.2) is 0 Å². The molecule has 0 spiro atoms. The minimum Gasteiger partial charge on any atom is -2.00 e. The van der Waals surface area contributed by atoms with Crippen LogP contribution in [0.1, 0.15) is 2.85 Å². The Labute approximate surface area is 115 Å². The van der Waals surface area contributed by atoms with E-state index in [-0.39, 0.29) is 118 Å². The third-order valence-electron chi connectivity index (χ3n) is 0. The molecular formula is H2MgNdOSr. The average molecular weight is 274 g/mol. The van der Waals surface area contributed by atoms with E-state index in [2.05, 4.69) is 0 Å². The topological polar surface area (TPSA) is 28.5 Å². The molecular weight excluding hydrogens is 272 g/mol. The summed E-state index contributed by atoms with van der Waals surface area (Å²) in [4.78, 5) is 0. The normalized spacial score (nSPS) is 0. The zero-order chi connectivity index (χ0) is 0. The first-order chi connectivity index (χ1) is 0. The molecule has 4 heteroatoms. The van der Waals surface area contributed by atoms with Gasteiger partial charge in [-0.1, -0.05) is 0 Å². The zero-order valence-electron chi connectivity index (χ0n) is 4.32. The molecule has 0 heterocycles. The Bertz CT molecular complexity index is 13.5. The van der Waals surface area contributed by atoms with E-state index in [4.69, 9.17) is 0 Å². The Balaban J connectivity index is 0. The molecule has 16 valence electrons. The van der Waals surface area contributed by atoms with Crippen molar-refractivity contribution < 1.29 is 49.2 Å². The van der Waals surface area contributed by atoms with E-state index in [0.717, 1.165) is 0 Å². The fourth-order valence-corrected chi connectivity index (χ4v) is 0. The van der Waals surface area contributed by atoms with Crippen LogP contribution in [0.2, 0.25) is 0 Å². The van der Waals surface area contributed by atoms with E-state index in [1.165, 1.54) is 0 Å². The van der Waals surface area contributed by atoms with Crippen LogP contribution in [-0.4, -0.2) is 68.5 Å². The van der Waals surface area contributed by atoms with E-state index in [1.54, 1.807) is 0 Å². The number of hydrogen-bond acceptors (Lipinski definition) is 0. The van der Waals surface area contributed by atoms with Crippen LogP contribution < -0.4 is 0 Å². The Morgan fingerprint density at radius 1 is 1.25 bits per heavy atom. The summed E-state index contributed by atoms with van der Waals surface area (Å²) in [5, 5.41) is 0. The van der Waals surface area contributed by atoms with Gasteiger partial charge in [0.05, 0.1) is 0 Å². The molecule has 0 aliphatic carbocycles. The fraction of sp³-hybridized carbons (Fsp3) is 0. The summed E-state index contributed by atoms with van der Waals surface area (Å²) in [6.07, 6.45) is 0. The van der Waals surface area contributed by atoms with Crippen molar-refractivity contribution in [1.82, 2.24) is 0 Å². The summed E-state index contributed by atoms with van der Waals surface area (Å²) in [7, 11) is 0. The summed E-state index contributed by atoms with van der Waals surface area (Å²) in [6, 6.07) is 0. The van der Waals surface area contributed by atoms with Crippen LogP contribution in [0, 0.1) is 40.8 Å². The Kier molecular flexibility index (Phi) is 103. The molecule has 0 atom stereocenters. The van der Waals surface area contributed by atoms with Crippen molar-refractivity contribution in [3.63, 3.8) is 0 Å². The molecule has 0 saturated heterocycles. The van der Waals surface area contributed by atoms with E-state index in [0.29, 0.717) is 0 Å². The van der Waals surface area contributed by atoms with Crippen molar-refractivity contribution in [1.29, 1.82) is 0 Å². The fourth-order valence-electron chi connectivity index (χ4n) is 0. The van der Waals surface area contributed by atoms with Gasteiger partial charge in [0, 0.05) is 40.8 Å². The van der Waals surface area contributed by atoms with Gasteiger partial charge in [-0.05, 0) is 0 Å². The minimum absolute atomic E-state index is 0. The molecule has 0 N–H and O–H groups in total. The number of hydrogen-bond donors (Lipinski definition) is 0. The van der Waals surface area contributed by atoms with Crippen LogP contribution in [0.3, 0.4) is 0 Å². The Hall–Kier alpha value is 3.56. The maximum Gasteiger partial charge on any atom is 2.00 e. The van der Waals surface area contributed by atoms with Crippen LogP contribution >= 0.6 is 0 Å². The van der Waals surface area contributed by atoms with E-state index in [9.17, 15) is 0 Å².